The summed E-state index contributed by atoms with van der Waals surface area (Å²) in [7, 11) is 0. The molecule has 1 aromatic heterocycles. The smallest absolute Gasteiger partial charge is 0.237 e. The maximum Gasteiger partial charge on any atom is 0.237 e. The second-order valence-electron chi connectivity index (χ2n) is 8.82. The Balaban J connectivity index is 1.46. The lowest BCUT2D eigenvalue weighted by Gasteiger charge is -2.39. The average Bonchev–Trinajstić information content (AvgIpc) is 3.16. The third-order valence-electron chi connectivity index (χ3n) is 6.77. The van der Waals surface area contributed by atoms with Gasteiger partial charge in [0.25, 0.3) is 0 Å². The number of carbonyl (C=O) groups excluding carboxylic acids is 2. The number of aromatic amines is 1. The van der Waals surface area contributed by atoms with E-state index >= 15 is 0 Å². The molecule has 2 N–H and O–H groups in total. The average molecular weight is 511 g/mol. The summed E-state index contributed by atoms with van der Waals surface area (Å²) < 4.78 is 1.02. The number of aromatic nitrogens is 1. The molecule has 172 valence electrons. The highest BCUT2D eigenvalue weighted by Crippen LogP contribution is 2.39. The zero-order valence-electron chi connectivity index (χ0n) is 18.6. The highest BCUT2D eigenvalue weighted by molar-refractivity contribution is 9.10. The van der Waals surface area contributed by atoms with Gasteiger partial charge in [-0.3, -0.25) is 14.5 Å². The number of carbonyl (C=O) groups is 2. The van der Waals surface area contributed by atoms with Crippen molar-refractivity contribution in [2.75, 3.05) is 39.3 Å². The summed E-state index contributed by atoms with van der Waals surface area (Å²) in [6.45, 7) is 5.22. The summed E-state index contributed by atoms with van der Waals surface area (Å²) in [5, 5.41) is 11.3. The van der Waals surface area contributed by atoms with Crippen LogP contribution in [0.2, 0.25) is 0 Å². The molecule has 2 aliphatic heterocycles. The minimum absolute atomic E-state index is 0.0603. The van der Waals surface area contributed by atoms with Crippen LogP contribution in [0.25, 0.3) is 10.9 Å². The van der Waals surface area contributed by atoms with E-state index in [0.717, 1.165) is 33.1 Å². The second kappa shape index (κ2) is 8.83. The number of rotatable bonds is 3. The molecule has 33 heavy (non-hydrogen) atoms. The molecule has 0 bridgehead atoms. The molecule has 3 heterocycles. The number of phenolic OH excluding ortho intramolecular Hbond substituents is 1. The first-order valence-electron chi connectivity index (χ1n) is 11.3. The van der Waals surface area contributed by atoms with Gasteiger partial charge in [-0.1, -0.05) is 28.1 Å². The number of hydrogen-bond acceptors (Lipinski definition) is 4. The maximum absolute atomic E-state index is 13.5. The van der Waals surface area contributed by atoms with Gasteiger partial charge in [0, 0.05) is 60.7 Å². The molecule has 1 unspecified atom stereocenters. The normalized spacial score (nSPS) is 19.0. The third kappa shape index (κ3) is 4.25. The zero-order valence-corrected chi connectivity index (χ0v) is 20.1. The van der Waals surface area contributed by atoms with Crippen molar-refractivity contribution in [2.24, 2.45) is 0 Å². The molecule has 3 aromatic rings. The third-order valence-corrected chi connectivity index (χ3v) is 7.27. The highest BCUT2D eigenvalue weighted by Gasteiger charge is 2.35. The SMILES string of the molecule is CC(=O)N1CCN(CC(=O)N2CCc3c([nH]c4ccc(Br)cc34)C2c2cccc(O)c2)CC1. The first-order valence-corrected chi connectivity index (χ1v) is 12.1. The van der Waals surface area contributed by atoms with E-state index in [9.17, 15) is 14.7 Å². The molecule has 5 rings (SSSR count). The molecule has 1 fully saturated rings. The number of benzene rings is 2. The van der Waals surface area contributed by atoms with Crippen LogP contribution < -0.4 is 0 Å². The number of amides is 2. The fourth-order valence-corrected chi connectivity index (χ4v) is 5.43. The van der Waals surface area contributed by atoms with Gasteiger partial charge in [-0.2, -0.15) is 0 Å². The largest absolute Gasteiger partial charge is 0.508 e. The molecule has 1 saturated heterocycles. The van der Waals surface area contributed by atoms with Gasteiger partial charge in [0.2, 0.25) is 11.8 Å². The Morgan fingerprint density at radius 2 is 1.88 bits per heavy atom. The molecule has 0 aliphatic carbocycles. The van der Waals surface area contributed by atoms with Crippen LogP contribution in [0.15, 0.2) is 46.9 Å². The van der Waals surface area contributed by atoms with Gasteiger partial charge in [-0.05, 0) is 47.9 Å². The van der Waals surface area contributed by atoms with E-state index in [2.05, 4.69) is 37.9 Å². The fraction of sp³-hybridized carbons (Fsp3) is 0.360. The maximum atomic E-state index is 13.5. The monoisotopic (exact) mass is 510 g/mol. The van der Waals surface area contributed by atoms with Gasteiger partial charge in [-0.15, -0.1) is 0 Å². The predicted octanol–water partition coefficient (Wildman–Crippen LogP) is 3.27. The van der Waals surface area contributed by atoms with E-state index in [-0.39, 0.29) is 23.6 Å². The van der Waals surface area contributed by atoms with Gasteiger partial charge in [-0.25, -0.2) is 0 Å². The summed E-state index contributed by atoms with van der Waals surface area (Å²) in [5.74, 6) is 0.329. The number of H-pyrrole nitrogens is 1. The van der Waals surface area contributed by atoms with Gasteiger partial charge in [0.1, 0.15) is 5.75 Å². The quantitative estimate of drug-likeness (QED) is 0.566. The molecule has 0 spiro atoms. The number of phenols is 1. The molecule has 7 nitrogen and oxygen atoms in total. The minimum atomic E-state index is -0.293. The minimum Gasteiger partial charge on any atom is -0.508 e. The molecule has 8 heteroatoms. The first-order chi connectivity index (χ1) is 15.9. The molecule has 2 aliphatic rings. The predicted molar refractivity (Wildman–Crippen MR) is 130 cm³/mol. The number of halogens is 1. The van der Waals surface area contributed by atoms with Crippen LogP contribution in [-0.4, -0.2) is 75.9 Å². The number of piperazine rings is 1. The summed E-state index contributed by atoms with van der Waals surface area (Å²) >= 11 is 3.58. The van der Waals surface area contributed by atoms with Crippen LogP contribution in [0.4, 0.5) is 0 Å². The molecule has 1 atom stereocenters. The van der Waals surface area contributed by atoms with Crippen LogP contribution in [0.3, 0.4) is 0 Å². The van der Waals surface area contributed by atoms with Crippen molar-refractivity contribution >= 4 is 38.6 Å². The first kappa shape index (κ1) is 22.0. The van der Waals surface area contributed by atoms with Crippen molar-refractivity contribution < 1.29 is 14.7 Å². The Hall–Kier alpha value is -2.84. The summed E-state index contributed by atoms with van der Waals surface area (Å²) in [4.78, 5) is 34.6. The van der Waals surface area contributed by atoms with Crippen LogP contribution in [0.1, 0.15) is 29.8 Å². The van der Waals surface area contributed by atoms with Crippen LogP contribution >= 0.6 is 15.9 Å². The van der Waals surface area contributed by atoms with Crippen molar-refractivity contribution in [1.82, 2.24) is 19.7 Å². The molecule has 0 saturated carbocycles. The van der Waals surface area contributed by atoms with E-state index in [1.807, 2.05) is 28.0 Å². The molecule has 2 amide bonds. The van der Waals surface area contributed by atoms with Crippen molar-refractivity contribution in [1.29, 1.82) is 0 Å². The number of hydrogen-bond donors (Lipinski definition) is 2. The van der Waals surface area contributed by atoms with Crippen LogP contribution in [-0.2, 0) is 16.0 Å². The van der Waals surface area contributed by atoms with Crippen molar-refractivity contribution in [3.63, 3.8) is 0 Å². The van der Waals surface area contributed by atoms with Gasteiger partial charge in [0.05, 0.1) is 12.6 Å². The van der Waals surface area contributed by atoms with E-state index in [4.69, 9.17) is 0 Å². The van der Waals surface area contributed by atoms with E-state index in [0.29, 0.717) is 39.3 Å². The van der Waals surface area contributed by atoms with Crippen LogP contribution in [0, 0.1) is 0 Å². The van der Waals surface area contributed by atoms with E-state index < -0.39 is 0 Å². The Bertz CT molecular complexity index is 1220. The van der Waals surface area contributed by atoms with Gasteiger partial charge in [0.15, 0.2) is 0 Å². The van der Waals surface area contributed by atoms with Crippen LogP contribution in [0.5, 0.6) is 5.75 Å². The topological polar surface area (TPSA) is 79.9 Å². The molecule has 0 radical (unpaired) electrons. The van der Waals surface area contributed by atoms with E-state index in [1.54, 1.807) is 19.1 Å². The molecule has 2 aromatic carbocycles. The fourth-order valence-electron chi connectivity index (χ4n) is 5.07. The number of nitrogens with zero attached hydrogens (tertiary/aromatic N) is 3. The number of aromatic hydroxyl groups is 1. The molecular weight excluding hydrogens is 484 g/mol. The Morgan fingerprint density at radius 3 is 2.61 bits per heavy atom. The lowest BCUT2D eigenvalue weighted by atomic mass is 9.92. The van der Waals surface area contributed by atoms with Crippen molar-refractivity contribution in [2.45, 2.75) is 19.4 Å². The standard InChI is InChI=1S/C25H27BrN4O3/c1-16(31)29-11-9-28(10-12-29)15-23(33)30-8-7-20-21-14-18(26)5-6-22(21)27-24(20)25(30)17-3-2-4-19(32)13-17/h2-6,13-14,25,27,32H,7-12,15H2,1H3. The summed E-state index contributed by atoms with van der Waals surface area (Å²) in [5.41, 5.74) is 4.16. The zero-order chi connectivity index (χ0) is 23.1. The van der Waals surface area contributed by atoms with Gasteiger partial charge < -0.3 is 19.9 Å². The highest BCUT2D eigenvalue weighted by atomic mass is 79.9. The lowest BCUT2D eigenvalue weighted by molar-refractivity contribution is -0.136. The second-order valence-corrected chi connectivity index (χ2v) is 9.74. The Kier molecular flexibility index (Phi) is 5.88. The van der Waals surface area contributed by atoms with Crippen molar-refractivity contribution in [3.05, 3.63) is 63.8 Å². The number of nitrogens with one attached hydrogen (secondary N) is 1. The number of fused-ring (bicyclic) bond motifs is 3. The summed E-state index contributed by atoms with van der Waals surface area (Å²) in [6, 6.07) is 13.1. The Morgan fingerprint density at radius 1 is 1.09 bits per heavy atom. The lowest BCUT2D eigenvalue weighted by Crippen LogP contribution is -2.52. The Labute approximate surface area is 201 Å². The van der Waals surface area contributed by atoms with Crippen molar-refractivity contribution in [3.8, 4) is 5.75 Å². The summed E-state index contributed by atoms with van der Waals surface area (Å²) in [6.07, 6.45) is 0.769. The molecular formula is C25H27BrN4O3. The van der Waals surface area contributed by atoms with E-state index in [1.165, 1.54) is 5.56 Å². The van der Waals surface area contributed by atoms with Gasteiger partial charge >= 0.3 is 0 Å².